The number of carbonyl (C=O) groups is 1. The van der Waals surface area contributed by atoms with Crippen LogP contribution in [-0.2, 0) is 33.2 Å². The van der Waals surface area contributed by atoms with E-state index in [0.717, 1.165) is 89.9 Å². The highest BCUT2D eigenvalue weighted by Gasteiger charge is 2.68. The van der Waals surface area contributed by atoms with Crippen LogP contribution in [0.5, 0.6) is 0 Å². The molecule has 3 unspecified atom stereocenters. The maximum Gasteiger partial charge on any atom is 0.305 e. The molecule has 378 valence electrons. The fourth-order valence-electron chi connectivity index (χ4n) is 12.2. The van der Waals surface area contributed by atoms with Gasteiger partial charge in [0.15, 0.2) is 18.9 Å². The molecular weight excluding hydrogens is 809 g/mol. The summed E-state index contributed by atoms with van der Waals surface area (Å²) in [6.45, 7) is 12.2. The molecule has 4 aliphatic carbocycles. The largest absolute Gasteiger partial charge is 0.465 e. The lowest BCUT2D eigenvalue weighted by molar-refractivity contribution is -0.258. The minimum absolute atomic E-state index is 0.0237. The summed E-state index contributed by atoms with van der Waals surface area (Å²) in [6.07, 6.45) is 33.2. The van der Waals surface area contributed by atoms with Crippen LogP contribution < -0.4 is 0 Å². The van der Waals surface area contributed by atoms with Gasteiger partial charge in [0.1, 0.15) is 0 Å². The monoisotopic (exact) mass is 911 g/mol. The molecule has 0 spiro atoms. The molecule has 64 heavy (non-hydrogen) atoms. The van der Waals surface area contributed by atoms with Gasteiger partial charge in [-0.25, -0.2) is 0 Å². The van der Waals surface area contributed by atoms with Crippen molar-refractivity contribution in [3.05, 3.63) is 0 Å². The molecule has 0 aromatic rings. The van der Waals surface area contributed by atoms with Crippen LogP contribution in [0.4, 0.5) is 0 Å². The molecule has 10 nitrogen and oxygen atoms in total. The predicted octanol–water partition coefficient (Wildman–Crippen LogP) is 12.9. The van der Waals surface area contributed by atoms with Crippen molar-refractivity contribution < 1.29 is 48.5 Å². The Hall–Kier alpha value is -0.850. The summed E-state index contributed by atoms with van der Waals surface area (Å²) < 4.78 is 37.4. The Labute approximate surface area is 392 Å². The number of rotatable bonds is 45. The number of hydrogen-bond donors (Lipinski definition) is 3. The summed E-state index contributed by atoms with van der Waals surface area (Å²) >= 11 is 0. The predicted molar refractivity (Wildman–Crippen MR) is 258 cm³/mol. The second-order valence-corrected chi connectivity index (χ2v) is 21.3. The Balaban J connectivity index is 1.55. The Morgan fingerprint density at radius 1 is 0.422 bits per heavy atom. The first-order chi connectivity index (χ1) is 31.1. The van der Waals surface area contributed by atoms with Gasteiger partial charge in [-0.3, -0.25) is 4.79 Å². The lowest BCUT2D eigenvalue weighted by Gasteiger charge is -2.70. The van der Waals surface area contributed by atoms with Crippen molar-refractivity contribution in [2.75, 3.05) is 52.9 Å². The van der Waals surface area contributed by atoms with Gasteiger partial charge in [-0.05, 0) is 80.5 Å². The van der Waals surface area contributed by atoms with Crippen molar-refractivity contribution in [1.82, 2.24) is 0 Å². The van der Waals surface area contributed by atoms with E-state index in [2.05, 4.69) is 27.7 Å². The first-order valence-corrected chi connectivity index (χ1v) is 27.3. The molecule has 0 aliphatic heterocycles. The third-order valence-corrected chi connectivity index (χ3v) is 14.7. The zero-order chi connectivity index (χ0) is 46.3. The molecule has 0 heterocycles. The van der Waals surface area contributed by atoms with E-state index >= 15 is 0 Å². The number of aliphatic hydroxyl groups is 3. The Morgan fingerprint density at radius 3 is 1.14 bits per heavy atom. The molecule has 3 atom stereocenters. The molecule has 4 rings (SSSR count). The second kappa shape index (κ2) is 33.6. The Bertz CT molecular complexity index is 1100. The van der Waals surface area contributed by atoms with Crippen LogP contribution >= 0.6 is 0 Å². The Kier molecular flexibility index (Phi) is 30.2. The topological polar surface area (TPSA) is 133 Å². The Morgan fingerprint density at radius 2 is 0.750 bits per heavy atom. The highest BCUT2D eigenvalue weighted by molar-refractivity contribution is 5.69. The van der Waals surface area contributed by atoms with Crippen LogP contribution in [0.25, 0.3) is 0 Å². The van der Waals surface area contributed by atoms with Crippen LogP contribution in [0.3, 0.4) is 0 Å². The molecule has 0 aromatic heterocycles. The smallest absolute Gasteiger partial charge is 0.305 e. The molecule has 4 aliphatic rings. The average molecular weight is 911 g/mol. The van der Waals surface area contributed by atoms with E-state index in [-0.39, 0.29) is 60.2 Å². The first kappa shape index (κ1) is 57.5. The van der Waals surface area contributed by atoms with Gasteiger partial charge in [-0.2, -0.15) is 0 Å². The summed E-state index contributed by atoms with van der Waals surface area (Å²) in [4.78, 5) is 13.5. The van der Waals surface area contributed by atoms with Crippen LogP contribution in [-0.4, -0.2) is 93.0 Å². The van der Waals surface area contributed by atoms with Gasteiger partial charge >= 0.3 is 5.97 Å². The molecule has 4 fully saturated rings. The molecule has 3 N–H and O–H groups in total. The summed E-state index contributed by atoms with van der Waals surface area (Å²) in [5, 5.41) is 33.2. The van der Waals surface area contributed by atoms with Crippen molar-refractivity contribution in [2.24, 2.45) is 21.7 Å². The third-order valence-electron chi connectivity index (χ3n) is 14.7. The molecule has 4 bridgehead atoms. The van der Waals surface area contributed by atoms with Gasteiger partial charge in [0.25, 0.3) is 0 Å². The van der Waals surface area contributed by atoms with E-state index in [0.29, 0.717) is 52.3 Å². The molecule has 0 amide bonds. The molecule has 10 heteroatoms. The quantitative estimate of drug-likeness (QED) is 0.0308. The highest BCUT2D eigenvalue weighted by atomic mass is 16.7. The standard InChI is InChI=1S/C54H102O10/c1-5-9-13-17-21-25-33-59-49(60-34-26-22-18-14-10-6-2)31-29-47(57)63-45-53-38-51(43-55)37-52(39-53,44-56)41-54(40-51,42-53)46-64-48(58)30-32-50(61-35-27-23-19-15-11-7-3)62-36-28-24-20-16-12-8-4/h47,49-50,55-57H,5-46H2,1-4H3. The normalized spacial score (nSPS) is 24.4. The van der Waals surface area contributed by atoms with Crippen LogP contribution in [0.15, 0.2) is 0 Å². The van der Waals surface area contributed by atoms with Crippen molar-refractivity contribution in [3.8, 4) is 0 Å². The molecule has 0 saturated heterocycles. The minimum atomic E-state index is -0.978. The summed E-state index contributed by atoms with van der Waals surface area (Å²) in [7, 11) is 0. The molecule has 0 radical (unpaired) electrons. The lowest BCUT2D eigenvalue weighted by Crippen LogP contribution is -2.65. The van der Waals surface area contributed by atoms with E-state index in [4.69, 9.17) is 28.4 Å². The van der Waals surface area contributed by atoms with Crippen LogP contribution in [0, 0.1) is 21.7 Å². The van der Waals surface area contributed by atoms with Crippen molar-refractivity contribution in [1.29, 1.82) is 0 Å². The van der Waals surface area contributed by atoms with E-state index < -0.39 is 12.6 Å². The zero-order valence-corrected chi connectivity index (χ0v) is 42.1. The molecule has 0 aromatic carbocycles. The van der Waals surface area contributed by atoms with E-state index in [9.17, 15) is 20.1 Å². The number of ether oxygens (including phenoxy) is 6. The van der Waals surface area contributed by atoms with Crippen molar-refractivity contribution in [2.45, 2.75) is 265 Å². The van der Waals surface area contributed by atoms with Gasteiger partial charge in [-0.1, -0.05) is 156 Å². The first-order valence-electron chi connectivity index (χ1n) is 27.3. The van der Waals surface area contributed by atoms with Gasteiger partial charge < -0.3 is 43.7 Å². The van der Waals surface area contributed by atoms with Crippen LogP contribution in [0.2, 0.25) is 0 Å². The fourth-order valence-corrected chi connectivity index (χ4v) is 12.2. The van der Waals surface area contributed by atoms with E-state index in [1.807, 2.05) is 0 Å². The fraction of sp³-hybridized carbons (Fsp3) is 0.981. The number of unbranched alkanes of at least 4 members (excludes halogenated alkanes) is 20. The van der Waals surface area contributed by atoms with Crippen molar-refractivity contribution >= 4 is 5.97 Å². The average Bonchev–Trinajstić information content (AvgIpc) is 3.29. The highest BCUT2D eigenvalue weighted by Crippen LogP contribution is 2.73. The third kappa shape index (κ3) is 22.5. The minimum Gasteiger partial charge on any atom is -0.465 e. The van der Waals surface area contributed by atoms with Gasteiger partial charge in [0.2, 0.25) is 0 Å². The number of aliphatic hydroxyl groups excluding tert-OH is 3. The molecule has 4 saturated carbocycles. The maximum atomic E-state index is 13.5. The van der Waals surface area contributed by atoms with E-state index in [1.165, 1.54) is 103 Å². The number of hydrogen-bond acceptors (Lipinski definition) is 10. The summed E-state index contributed by atoms with van der Waals surface area (Å²) in [5.74, 6) is -0.254. The van der Waals surface area contributed by atoms with Gasteiger partial charge in [0.05, 0.1) is 19.6 Å². The van der Waals surface area contributed by atoms with Crippen molar-refractivity contribution in [3.63, 3.8) is 0 Å². The van der Waals surface area contributed by atoms with E-state index in [1.54, 1.807) is 0 Å². The van der Waals surface area contributed by atoms with Gasteiger partial charge in [-0.15, -0.1) is 0 Å². The lowest BCUT2D eigenvalue weighted by atomic mass is 9.36. The second-order valence-electron chi connectivity index (χ2n) is 21.3. The number of esters is 1. The maximum absolute atomic E-state index is 13.5. The van der Waals surface area contributed by atoms with Gasteiger partial charge in [0, 0.05) is 64.3 Å². The summed E-state index contributed by atoms with van der Waals surface area (Å²) in [5.41, 5.74) is -1.46. The zero-order valence-electron chi connectivity index (χ0n) is 42.1. The number of carbonyl (C=O) groups excluding carboxylic acids is 1. The van der Waals surface area contributed by atoms with Crippen LogP contribution in [0.1, 0.15) is 246 Å². The molecular formula is C54H102O10. The SMILES string of the molecule is CCCCCCCCOC(CCC(=O)OCC12CC3(CO)CC(CO)(C1)CC(COC(O)CCC(OCCCCCCCC)OCCCCCCCC)(C3)C2)OCCCCCCCC. The summed E-state index contributed by atoms with van der Waals surface area (Å²) in [6, 6.07) is 0.